The van der Waals surface area contributed by atoms with Crippen LogP contribution < -0.4 is 16.4 Å². The molecule has 1 aliphatic heterocycles. The molecular weight excluding hydrogens is 388 g/mol. The first kappa shape index (κ1) is 19.2. The van der Waals surface area contributed by atoms with Gasteiger partial charge < -0.3 is 16.4 Å². The monoisotopic (exact) mass is 406 g/mol. The van der Waals surface area contributed by atoms with Gasteiger partial charge in [-0.2, -0.15) is 4.99 Å². The summed E-state index contributed by atoms with van der Waals surface area (Å²) in [7, 11) is -2.04. The quantitative estimate of drug-likeness (QED) is 0.555. The number of fused-ring (bicyclic) bond motifs is 2. The van der Waals surface area contributed by atoms with Crippen LogP contribution in [0.4, 0.5) is 11.4 Å². The standard InChI is InChI=1S/C18H19ClN4O3S/c1-9-7-11(17(24)22-18(20)21)8-14-15(9)23(3)16-12(5-4-6-13(16)19)10(2)27(14,25)26/h4-8,10H,1-3H3,(H4,20,21,22,24). The number of carbonyl (C=O) groups is 1. The van der Waals surface area contributed by atoms with E-state index in [4.69, 9.17) is 23.1 Å². The van der Waals surface area contributed by atoms with E-state index in [1.165, 1.54) is 6.07 Å². The zero-order valence-corrected chi connectivity index (χ0v) is 16.6. The first-order valence-corrected chi connectivity index (χ1v) is 10.0. The number of hydrogen-bond acceptors (Lipinski definition) is 4. The molecule has 0 radical (unpaired) electrons. The highest BCUT2D eigenvalue weighted by Crippen LogP contribution is 2.48. The average molecular weight is 407 g/mol. The lowest BCUT2D eigenvalue weighted by Crippen LogP contribution is -2.24. The first-order chi connectivity index (χ1) is 12.6. The number of aryl methyl sites for hydroxylation is 1. The zero-order valence-electron chi connectivity index (χ0n) is 15.0. The Morgan fingerprint density at radius 1 is 1.22 bits per heavy atom. The van der Waals surface area contributed by atoms with E-state index >= 15 is 0 Å². The lowest BCUT2D eigenvalue weighted by molar-refractivity contribution is 0.100. The van der Waals surface area contributed by atoms with Crippen molar-refractivity contribution < 1.29 is 13.2 Å². The number of amides is 1. The second kappa shape index (κ2) is 6.54. The molecule has 1 atom stereocenters. The van der Waals surface area contributed by atoms with Gasteiger partial charge in [0, 0.05) is 12.6 Å². The second-order valence-corrected chi connectivity index (χ2v) is 9.05. The second-order valence-electron chi connectivity index (χ2n) is 6.41. The van der Waals surface area contributed by atoms with Crippen LogP contribution in [-0.4, -0.2) is 27.3 Å². The number of rotatable bonds is 1. The Hall–Kier alpha value is -2.58. The number of aliphatic imine (C=N–C) groups is 1. The Bertz CT molecular complexity index is 1090. The van der Waals surface area contributed by atoms with Gasteiger partial charge in [0.1, 0.15) is 0 Å². The number of benzene rings is 2. The Kier molecular flexibility index (Phi) is 4.65. The Morgan fingerprint density at radius 2 is 1.89 bits per heavy atom. The van der Waals surface area contributed by atoms with Crippen molar-refractivity contribution in [2.45, 2.75) is 24.0 Å². The number of halogens is 1. The molecule has 7 nitrogen and oxygen atoms in total. The molecule has 4 N–H and O–H groups in total. The van der Waals surface area contributed by atoms with E-state index < -0.39 is 21.0 Å². The van der Waals surface area contributed by atoms with Gasteiger partial charge in [0.05, 0.1) is 26.5 Å². The minimum absolute atomic E-state index is 0.0407. The van der Waals surface area contributed by atoms with Crippen LogP contribution in [0, 0.1) is 6.92 Å². The molecule has 0 aliphatic carbocycles. The molecule has 1 unspecified atom stereocenters. The molecule has 2 aromatic rings. The SMILES string of the molecule is Cc1cc(C(=O)N=C(N)N)cc2c1N(C)c1c(Cl)cccc1C(C)S2(=O)=O. The Balaban J connectivity index is 2.37. The summed E-state index contributed by atoms with van der Waals surface area (Å²) in [6.45, 7) is 3.33. The molecule has 1 heterocycles. The van der Waals surface area contributed by atoms with E-state index in [-0.39, 0.29) is 16.4 Å². The van der Waals surface area contributed by atoms with E-state index in [0.717, 1.165) is 0 Å². The van der Waals surface area contributed by atoms with Crippen molar-refractivity contribution in [1.82, 2.24) is 0 Å². The van der Waals surface area contributed by atoms with Crippen molar-refractivity contribution in [2.75, 3.05) is 11.9 Å². The van der Waals surface area contributed by atoms with Crippen LogP contribution >= 0.6 is 11.6 Å². The average Bonchev–Trinajstić information content (AvgIpc) is 2.64. The number of para-hydroxylation sites is 1. The maximum absolute atomic E-state index is 13.3. The van der Waals surface area contributed by atoms with Crippen LogP contribution in [-0.2, 0) is 9.84 Å². The molecule has 27 heavy (non-hydrogen) atoms. The number of carbonyl (C=O) groups excluding carboxylic acids is 1. The van der Waals surface area contributed by atoms with Gasteiger partial charge in [-0.15, -0.1) is 0 Å². The maximum atomic E-state index is 13.3. The highest BCUT2D eigenvalue weighted by molar-refractivity contribution is 7.91. The van der Waals surface area contributed by atoms with Crippen LogP contribution in [0.5, 0.6) is 0 Å². The zero-order chi connectivity index (χ0) is 20.1. The molecule has 142 valence electrons. The summed E-state index contributed by atoms with van der Waals surface area (Å²) in [4.78, 5) is 17.5. The van der Waals surface area contributed by atoms with E-state index in [9.17, 15) is 13.2 Å². The van der Waals surface area contributed by atoms with Gasteiger partial charge in [0.25, 0.3) is 5.91 Å². The molecule has 2 aromatic carbocycles. The van der Waals surface area contributed by atoms with Crippen LogP contribution in [0.1, 0.15) is 33.7 Å². The first-order valence-electron chi connectivity index (χ1n) is 8.10. The lowest BCUT2D eigenvalue weighted by atomic mass is 10.1. The van der Waals surface area contributed by atoms with Gasteiger partial charge in [-0.25, -0.2) is 8.42 Å². The van der Waals surface area contributed by atoms with Crippen molar-refractivity contribution in [1.29, 1.82) is 0 Å². The van der Waals surface area contributed by atoms with Gasteiger partial charge in [0.2, 0.25) is 0 Å². The third-order valence-electron chi connectivity index (χ3n) is 4.64. The topological polar surface area (TPSA) is 119 Å². The van der Waals surface area contributed by atoms with Crippen molar-refractivity contribution in [3.8, 4) is 0 Å². The van der Waals surface area contributed by atoms with Gasteiger partial charge in [-0.3, -0.25) is 4.79 Å². The molecule has 0 saturated heterocycles. The summed E-state index contributed by atoms with van der Waals surface area (Å²) >= 11 is 6.39. The van der Waals surface area contributed by atoms with Crippen molar-refractivity contribution in [3.63, 3.8) is 0 Å². The molecule has 0 aromatic heterocycles. The highest BCUT2D eigenvalue weighted by atomic mass is 35.5. The van der Waals surface area contributed by atoms with E-state index in [0.29, 0.717) is 27.5 Å². The van der Waals surface area contributed by atoms with Crippen LogP contribution in [0.15, 0.2) is 40.2 Å². The van der Waals surface area contributed by atoms with E-state index in [1.54, 1.807) is 50.1 Å². The van der Waals surface area contributed by atoms with Gasteiger partial charge in [-0.05, 0) is 43.2 Å². The summed E-state index contributed by atoms with van der Waals surface area (Å²) < 4.78 is 26.7. The Labute approximate surface area is 162 Å². The molecule has 0 saturated carbocycles. The predicted octanol–water partition coefficient (Wildman–Crippen LogP) is 2.68. The van der Waals surface area contributed by atoms with Gasteiger partial charge >= 0.3 is 0 Å². The molecule has 3 rings (SSSR count). The third-order valence-corrected chi connectivity index (χ3v) is 7.06. The number of hydrogen-bond donors (Lipinski definition) is 2. The molecule has 1 amide bonds. The van der Waals surface area contributed by atoms with Crippen molar-refractivity contribution in [2.24, 2.45) is 16.5 Å². The van der Waals surface area contributed by atoms with Crippen molar-refractivity contribution >= 4 is 44.7 Å². The molecule has 9 heteroatoms. The summed E-state index contributed by atoms with van der Waals surface area (Å²) in [6, 6.07) is 8.06. The van der Waals surface area contributed by atoms with Crippen LogP contribution in [0.3, 0.4) is 0 Å². The lowest BCUT2D eigenvalue weighted by Gasteiger charge is -2.24. The third kappa shape index (κ3) is 3.04. The van der Waals surface area contributed by atoms with Gasteiger partial charge in [-0.1, -0.05) is 23.7 Å². The van der Waals surface area contributed by atoms with Gasteiger partial charge in [0.15, 0.2) is 15.8 Å². The molecule has 0 bridgehead atoms. The summed E-state index contributed by atoms with van der Waals surface area (Å²) in [5.74, 6) is -1.09. The molecular formula is C18H19ClN4O3S. The number of anilines is 2. The smallest absolute Gasteiger partial charge is 0.280 e. The van der Waals surface area contributed by atoms with E-state index in [1.807, 2.05) is 0 Å². The van der Waals surface area contributed by atoms with Crippen molar-refractivity contribution in [3.05, 3.63) is 52.0 Å². The highest BCUT2D eigenvalue weighted by Gasteiger charge is 2.37. The molecule has 1 aliphatic rings. The molecule has 0 spiro atoms. The summed E-state index contributed by atoms with van der Waals surface area (Å²) in [6.07, 6.45) is 0. The number of nitrogens with two attached hydrogens (primary N) is 2. The summed E-state index contributed by atoms with van der Waals surface area (Å²) in [5, 5.41) is -0.396. The minimum Gasteiger partial charge on any atom is -0.370 e. The number of sulfone groups is 1. The maximum Gasteiger partial charge on any atom is 0.280 e. The predicted molar refractivity (Wildman–Crippen MR) is 106 cm³/mol. The summed E-state index contributed by atoms with van der Waals surface area (Å²) in [5.41, 5.74) is 12.9. The van der Waals surface area contributed by atoms with Crippen LogP contribution in [0.25, 0.3) is 0 Å². The normalized spacial score (nSPS) is 17.5. The van der Waals surface area contributed by atoms with E-state index in [2.05, 4.69) is 4.99 Å². The fourth-order valence-corrected chi connectivity index (χ4v) is 5.46. The number of guanidine groups is 1. The molecule has 0 fully saturated rings. The fraction of sp³-hybridized carbons (Fsp3) is 0.222. The Morgan fingerprint density at radius 3 is 2.52 bits per heavy atom. The van der Waals surface area contributed by atoms with Crippen LogP contribution in [0.2, 0.25) is 5.02 Å². The minimum atomic E-state index is -3.79. The number of nitrogens with zero attached hydrogens (tertiary/aromatic N) is 2. The largest absolute Gasteiger partial charge is 0.370 e. The fourth-order valence-electron chi connectivity index (χ4n) is 3.38.